The zero-order chi connectivity index (χ0) is 15.6. The fraction of sp³-hybridized carbons (Fsp3) is 0.130. The molecule has 0 spiro atoms. The van der Waals surface area contributed by atoms with Crippen molar-refractivity contribution in [2.75, 3.05) is 0 Å². The Morgan fingerprint density at radius 3 is 2.13 bits per heavy atom. The third-order valence-electron chi connectivity index (χ3n) is 4.72. The van der Waals surface area contributed by atoms with E-state index in [-0.39, 0.29) is 0 Å². The minimum absolute atomic E-state index is 1.11. The first-order valence-electron chi connectivity index (χ1n) is 8.32. The molecule has 0 N–H and O–H groups in total. The fourth-order valence-electron chi connectivity index (χ4n) is 3.39. The molecule has 0 saturated carbocycles. The van der Waals surface area contributed by atoms with Crippen LogP contribution in [0.15, 0.2) is 78.4 Å². The highest BCUT2D eigenvalue weighted by atomic mass is 14.2. The Kier molecular flexibility index (Phi) is 3.59. The van der Waals surface area contributed by atoms with Crippen LogP contribution in [-0.4, -0.2) is 0 Å². The first-order valence-corrected chi connectivity index (χ1v) is 8.32. The maximum absolute atomic E-state index is 2.38. The smallest absolute Gasteiger partial charge is 0.00577 e. The van der Waals surface area contributed by atoms with Crippen molar-refractivity contribution in [3.63, 3.8) is 0 Å². The van der Waals surface area contributed by atoms with Gasteiger partial charge in [0, 0.05) is 0 Å². The quantitative estimate of drug-likeness (QED) is 0.526. The molecule has 0 aromatic heterocycles. The third-order valence-corrected chi connectivity index (χ3v) is 4.72. The molecule has 3 aromatic rings. The van der Waals surface area contributed by atoms with Gasteiger partial charge >= 0.3 is 0 Å². The summed E-state index contributed by atoms with van der Waals surface area (Å²) in [5.41, 5.74) is 9.61. The van der Waals surface area contributed by atoms with Gasteiger partial charge in [0.1, 0.15) is 0 Å². The molecule has 0 atom stereocenters. The van der Waals surface area contributed by atoms with Crippen LogP contribution in [0.4, 0.5) is 0 Å². The van der Waals surface area contributed by atoms with Crippen LogP contribution >= 0.6 is 0 Å². The Labute approximate surface area is 138 Å². The van der Waals surface area contributed by atoms with Crippen molar-refractivity contribution >= 4 is 6.08 Å². The Balaban J connectivity index is 1.73. The van der Waals surface area contributed by atoms with Gasteiger partial charge in [-0.05, 0) is 46.2 Å². The summed E-state index contributed by atoms with van der Waals surface area (Å²) in [6.07, 6.45) is 4.64. The van der Waals surface area contributed by atoms with Gasteiger partial charge in [-0.15, -0.1) is 0 Å². The third kappa shape index (κ3) is 2.61. The first-order chi connectivity index (χ1) is 11.3. The molecule has 0 heterocycles. The molecule has 4 rings (SSSR count). The summed E-state index contributed by atoms with van der Waals surface area (Å²) in [5.74, 6) is 0. The van der Waals surface area contributed by atoms with E-state index in [9.17, 15) is 0 Å². The van der Waals surface area contributed by atoms with Gasteiger partial charge in [0.05, 0.1) is 0 Å². The highest BCUT2D eigenvalue weighted by molar-refractivity contribution is 5.81. The molecule has 0 bridgehead atoms. The lowest BCUT2D eigenvalue weighted by Gasteiger charge is -2.09. The predicted octanol–water partition coefficient (Wildman–Crippen LogP) is 6.37. The number of allylic oxidation sites excluding steroid dienone is 1. The van der Waals surface area contributed by atoms with Crippen molar-refractivity contribution in [1.29, 1.82) is 0 Å². The number of hydrogen-bond acceptors (Lipinski definition) is 0. The van der Waals surface area contributed by atoms with Crippen LogP contribution in [0.2, 0.25) is 0 Å². The molecule has 0 saturated heterocycles. The maximum atomic E-state index is 2.38. The van der Waals surface area contributed by atoms with E-state index in [1.807, 2.05) is 0 Å². The zero-order valence-electron chi connectivity index (χ0n) is 13.4. The van der Waals surface area contributed by atoms with E-state index in [2.05, 4.69) is 85.8 Å². The van der Waals surface area contributed by atoms with Crippen LogP contribution < -0.4 is 0 Å². The second-order valence-corrected chi connectivity index (χ2v) is 6.15. The van der Waals surface area contributed by atoms with Gasteiger partial charge in [-0.2, -0.15) is 0 Å². The number of hydrogen-bond donors (Lipinski definition) is 0. The molecule has 0 nitrogen and oxygen atoms in total. The summed E-state index contributed by atoms with van der Waals surface area (Å²) in [5, 5.41) is 0. The summed E-state index contributed by atoms with van der Waals surface area (Å²) in [6, 6.07) is 26.2. The standard InChI is InChI=1S/C23H20/c1-2-17-15-21-9-6-10-22(23(21)16-17)20-13-11-19(12-14-20)18-7-4-3-5-8-18/h3-14,16H,2,15H2,1H3. The van der Waals surface area contributed by atoms with Crippen LogP contribution in [-0.2, 0) is 6.42 Å². The van der Waals surface area contributed by atoms with Crippen LogP contribution in [0.3, 0.4) is 0 Å². The molecule has 0 unspecified atom stereocenters. The van der Waals surface area contributed by atoms with Crippen molar-refractivity contribution in [1.82, 2.24) is 0 Å². The summed E-state index contributed by atoms with van der Waals surface area (Å²) < 4.78 is 0. The number of rotatable bonds is 3. The summed E-state index contributed by atoms with van der Waals surface area (Å²) in [6.45, 7) is 2.24. The van der Waals surface area contributed by atoms with E-state index in [0.29, 0.717) is 0 Å². The monoisotopic (exact) mass is 296 g/mol. The average molecular weight is 296 g/mol. The highest BCUT2D eigenvalue weighted by Gasteiger charge is 2.15. The predicted molar refractivity (Wildman–Crippen MR) is 99.3 cm³/mol. The first kappa shape index (κ1) is 14.0. The lowest BCUT2D eigenvalue weighted by atomic mass is 9.95. The molecule has 23 heavy (non-hydrogen) atoms. The van der Waals surface area contributed by atoms with Crippen LogP contribution in [0.25, 0.3) is 28.3 Å². The summed E-state index contributed by atoms with van der Waals surface area (Å²) >= 11 is 0. The maximum Gasteiger partial charge on any atom is -0.00577 e. The second-order valence-electron chi connectivity index (χ2n) is 6.15. The largest absolute Gasteiger partial charge is 0.0655 e. The van der Waals surface area contributed by atoms with Gasteiger partial charge in [0.2, 0.25) is 0 Å². The second kappa shape index (κ2) is 5.89. The minimum Gasteiger partial charge on any atom is -0.0655 e. The van der Waals surface area contributed by atoms with Crippen molar-refractivity contribution in [3.05, 3.63) is 89.5 Å². The van der Waals surface area contributed by atoms with Gasteiger partial charge in [0.15, 0.2) is 0 Å². The van der Waals surface area contributed by atoms with Crippen molar-refractivity contribution in [2.24, 2.45) is 0 Å². The van der Waals surface area contributed by atoms with Crippen LogP contribution in [0, 0.1) is 0 Å². The highest BCUT2D eigenvalue weighted by Crippen LogP contribution is 2.35. The Morgan fingerprint density at radius 1 is 0.696 bits per heavy atom. The molecule has 0 radical (unpaired) electrons. The van der Waals surface area contributed by atoms with Gasteiger partial charge < -0.3 is 0 Å². The van der Waals surface area contributed by atoms with E-state index >= 15 is 0 Å². The summed E-state index contributed by atoms with van der Waals surface area (Å²) in [4.78, 5) is 0. The Hall–Kier alpha value is -2.60. The van der Waals surface area contributed by atoms with E-state index in [0.717, 1.165) is 12.8 Å². The molecule has 0 amide bonds. The molecule has 112 valence electrons. The van der Waals surface area contributed by atoms with Crippen LogP contribution in [0.1, 0.15) is 24.5 Å². The van der Waals surface area contributed by atoms with E-state index in [1.54, 1.807) is 0 Å². The molecule has 0 fully saturated rings. The topological polar surface area (TPSA) is 0 Å². The SMILES string of the molecule is CCC1=Cc2c(cccc2-c2ccc(-c3ccccc3)cc2)C1. The van der Waals surface area contributed by atoms with Gasteiger partial charge in [-0.3, -0.25) is 0 Å². The van der Waals surface area contributed by atoms with Crippen LogP contribution in [0.5, 0.6) is 0 Å². The molecule has 1 aliphatic rings. The van der Waals surface area contributed by atoms with Gasteiger partial charge in [0.25, 0.3) is 0 Å². The molecule has 0 heteroatoms. The van der Waals surface area contributed by atoms with Gasteiger partial charge in [-0.1, -0.05) is 91.4 Å². The molecule has 1 aliphatic carbocycles. The summed E-state index contributed by atoms with van der Waals surface area (Å²) in [7, 11) is 0. The normalized spacial score (nSPS) is 12.8. The average Bonchev–Trinajstić information content (AvgIpc) is 3.06. The molecule has 3 aromatic carbocycles. The Morgan fingerprint density at radius 2 is 1.39 bits per heavy atom. The molecular formula is C23H20. The number of benzene rings is 3. The fourth-order valence-corrected chi connectivity index (χ4v) is 3.39. The van der Waals surface area contributed by atoms with Gasteiger partial charge in [-0.25, -0.2) is 0 Å². The van der Waals surface area contributed by atoms with Crippen molar-refractivity contribution < 1.29 is 0 Å². The van der Waals surface area contributed by atoms with Crippen molar-refractivity contribution in [2.45, 2.75) is 19.8 Å². The lowest BCUT2D eigenvalue weighted by molar-refractivity contribution is 1.04. The van der Waals surface area contributed by atoms with E-state index in [1.165, 1.54) is 39.0 Å². The van der Waals surface area contributed by atoms with Crippen molar-refractivity contribution in [3.8, 4) is 22.3 Å². The number of fused-ring (bicyclic) bond motifs is 1. The molecular weight excluding hydrogens is 276 g/mol. The van der Waals surface area contributed by atoms with E-state index < -0.39 is 0 Å². The zero-order valence-corrected chi connectivity index (χ0v) is 13.4. The Bertz CT molecular complexity index is 852. The minimum atomic E-state index is 1.11. The lowest BCUT2D eigenvalue weighted by Crippen LogP contribution is -1.87. The van der Waals surface area contributed by atoms with E-state index in [4.69, 9.17) is 0 Å². The molecule has 0 aliphatic heterocycles.